The lowest BCUT2D eigenvalue weighted by Crippen LogP contribution is -2.05. The summed E-state index contributed by atoms with van der Waals surface area (Å²) in [7, 11) is -1.82. The maximum atomic E-state index is 12.2. The van der Waals surface area contributed by atoms with Crippen LogP contribution in [0.25, 0.3) is 20.7 Å². The minimum absolute atomic E-state index is 0.0210. The molecule has 6 nitrogen and oxygen atoms in total. The number of methoxy groups -OCH3 is 1. The van der Waals surface area contributed by atoms with E-state index in [9.17, 15) is 8.42 Å². The molecular weight excluding hydrogens is 408 g/mol. The Labute approximate surface area is 173 Å². The molecule has 1 N–H and O–H groups in total. The van der Waals surface area contributed by atoms with Crippen LogP contribution in [-0.2, 0) is 9.84 Å². The fourth-order valence-corrected chi connectivity index (χ4v) is 5.17. The number of nitrogens with zero attached hydrogens (tertiary/aromatic N) is 1. The quantitative estimate of drug-likeness (QED) is 0.442. The molecule has 0 amide bonds. The Balaban J connectivity index is 1.69. The van der Waals surface area contributed by atoms with Crippen LogP contribution >= 0.6 is 11.3 Å². The number of ether oxygens (including phenoxy) is 1. The van der Waals surface area contributed by atoms with Gasteiger partial charge in [-0.3, -0.25) is 0 Å². The van der Waals surface area contributed by atoms with Crippen molar-refractivity contribution in [1.29, 1.82) is 0 Å². The first kappa shape index (κ1) is 19.5. The minimum atomic E-state index is -3.34. The van der Waals surface area contributed by atoms with Gasteiger partial charge in [0.15, 0.2) is 15.6 Å². The third-order valence-electron chi connectivity index (χ3n) is 4.72. The predicted molar refractivity (Wildman–Crippen MR) is 116 cm³/mol. The van der Waals surface area contributed by atoms with Crippen molar-refractivity contribution in [3.63, 3.8) is 0 Å². The molecule has 2 heterocycles. The van der Waals surface area contributed by atoms with Crippen LogP contribution in [0.15, 0.2) is 58.0 Å². The number of aryl methyl sites for hydroxylation is 1. The van der Waals surface area contributed by atoms with Crippen molar-refractivity contribution < 1.29 is 17.6 Å². The molecule has 0 fully saturated rings. The highest BCUT2D eigenvalue weighted by molar-refractivity contribution is 7.91. The summed E-state index contributed by atoms with van der Waals surface area (Å²) < 4.78 is 36.9. The number of fused-ring (bicyclic) bond motifs is 1. The molecule has 0 spiro atoms. The number of oxazole rings is 1. The third-order valence-corrected chi connectivity index (χ3v) is 7.74. The fourth-order valence-electron chi connectivity index (χ4n) is 3.11. The Bertz CT molecular complexity index is 1290. The highest BCUT2D eigenvalue weighted by Gasteiger charge is 2.18. The number of anilines is 2. The van der Waals surface area contributed by atoms with Crippen LogP contribution in [0.3, 0.4) is 0 Å². The molecule has 2 aromatic heterocycles. The molecule has 0 aliphatic rings. The Hall–Kier alpha value is -2.84. The van der Waals surface area contributed by atoms with Crippen LogP contribution in [-0.4, -0.2) is 26.3 Å². The maximum absolute atomic E-state index is 12.2. The molecular formula is C21H20N2O4S2. The number of sulfone groups is 1. The molecule has 4 rings (SSSR count). The second kappa shape index (κ2) is 7.53. The minimum Gasteiger partial charge on any atom is -0.495 e. The van der Waals surface area contributed by atoms with Gasteiger partial charge in [0, 0.05) is 4.70 Å². The highest BCUT2D eigenvalue weighted by Crippen LogP contribution is 2.39. The van der Waals surface area contributed by atoms with Crippen molar-refractivity contribution in [2.45, 2.75) is 18.7 Å². The van der Waals surface area contributed by atoms with Gasteiger partial charge in [0.25, 0.3) is 6.01 Å². The molecule has 4 aromatic rings. The smallest absolute Gasteiger partial charge is 0.299 e. The van der Waals surface area contributed by atoms with Gasteiger partial charge < -0.3 is 14.5 Å². The van der Waals surface area contributed by atoms with Crippen molar-refractivity contribution in [3.05, 3.63) is 54.2 Å². The average Bonchev–Trinajstić information content (AvgIpc) is 3.32. The lowest BCUT2D eigenvalue weighted by atomic mass is 10.1. The summed E-state index contributed by atoms with van der Waals surface area (Å²) in [5.41, 5.74) is 1.62. The summed E-state index contributed by atoms with van der Waals surface area (Å²) in [6, 6.07) is 13.1. The van der Waals surface area contributed by atoms with Crippen molar-refractivity contribution in [1.82, 2.24) is 4.98 Å². The van der Waals surface area contributed by atoms with E-state index in [-0.39, 0.29) is 16.7 Å². The Morgan fingerprint density at radius 1 is 1.21 bits per heavy atom. The van der Waals surface area contributed by atoms with Crippen LogP contribution in [0.5, 0.6) is 5.75 Å². The normalized spacial score (nSPS) is 11.7. The second-order valence-corrected chi connectivity index (χ2v) is 9.80. The topological polar surface area (TPSA) is 81.4 Å². The van der Waals surface area contributed by atoms with Gasteiger partial charge in [-0.2, -0.15) is 0 Å². The van der Waals surface area contributed by atoms with E-state index in [4.69, 9.17) is 9.15 Å². The number of hydrogen-bond donors (Lipinski definition) is 1. The van der Waals surface area contributed by atoms with Crippen LogP contribution in [0.2, 0.25) is 0 Å². The number of thiophene rings is 1. The van der Waals surface area contributed by atoms with Gasteiger partial charge in [-0.05, 0) is 42.1 Å². The summed E-state index contributed by atoms with van der Waals surface area (Å²) in [5.74, 6) is 1.17. The number of benzene rings is 2. The standard InChI is InChI=1S/C21H20N2O4S2/c1-4-29(24,25)14-9-10-17(26-3)16(11-14)23-21-22-12-18(27-21)20-13(2)15-7-5-6-8-19(15)28-20/h5-12H,4H2,1-3H3,(H,22,23). The first-order valence-electron chi connectivity index (χ1n) is 9.05. The largest absolute Gasteiger partial charge is 0.495 e. The Morgan fingerprint density at radius 2 is 2.00 bits per heavy atom. The summed E-state index contributed by atoms with van der Waals surface area (Å²) in [6.07, 6.45) is 1.67. The molecule has 0 unspecified atom stereocenters. The number of aromatic nitrogens is 1. The summed E-state index contributed by atoms with van der Waals surface area (Å²) >= 11 is 1.65. The number of rotatable bonds is 6. The van der Waals surface area contributed by atoms with E-state index in [0.717, 1.165) is 10.4 Å². The first-order chi connectivity index (χ1) is 13.9. The number of hydrogen-bond acceptors (Lipinski definition) is 7. The molecule has 0 bridgehead atoms. The van der Waals surface area contributed by atoms with E-state index >= 15 is 0 Å². The van der Waals surface area contributed by atoms with E-state index < -0.39 is 9.84 Å². The summed E-state index contributed by atoms with van der Waals surface area (Å²) in [5, 5.41) is 4.23. The fraction of sp³-hybridized carbons (Fsp3) is 0.190. The molecule has 0 radical (unpaired) electrons. The van der Waals surface area contributed by atoms with Crippen LogP contribution in [0.1, 0.15) is 12.5 Å². The monoisotopic (exact) mass is 428 g/mol. The molecule has 29 heavy (non-hydrogen) atoms. The van der Waals surface area contributed by atoms with Crippen molar-refractivity contribution in [2.24, 2.45) is 0 Å². The molecule has 0 saturated carbocycles. The third kappa shape index (κ3) is 3.61. The summed E-state index contributed by atoms with van der Waals surface area (Å²) in [4.78, 5) is 5.54. The van der Waals surface area contributed by atoms with E-state index in [1.807, 2.05) is 12.1 Å². The van der Waals surface area contributed by atoms with Crippen LogP contribution in [0.4, 0.5) is 11.7 Å². The maximum Gasteiger partial charge on any atom is 0.299 e. The Morgan fingerprint density at radius 3 is 2.72 bits per heavy atom. The van der Waals surface area contributed by atoms with Gasteiger partial charge in [-0.25, -0.2) is 13.4 Å². The zero-order valence-corrected chi connectivity index (χ0v) is 17.9. The van der Waals surface area contributed by atoms with Gasteiger partial charge in [0.1, 0.15) is 5.75 Å². The first-order valence-corrected chi connectivity index (χ1v) is 11.5. The molecule has 0 saturated heterocycles. The van der Waals surface area contributed by atoms with E-state index in [1.54, 1.807) is 30.5 Å². The highest BCUT2D eigenvalue weighted by atomic mass is 32.2. The van der Waals surface area contributed by atoms with Crippen molar-refractivity contribution >= 4 is 43.0 Å². The molecule has 0 aliphatic carbocycles. The molecule has 0 atom stereocenters. The van der Waals surface area contributed by atoms with Gasteiger partial charge in [0.2, 0.25) is 0 Å². The van der Waals surface area contributed by atoms with E-state index in [2.05, 4.69) is 29.4 Å². The zero-order chi connectivity index (χ0) is 20.6. The molecule has 0 aliphatic heterocycles. The lowest BCUT2D eigenvalue weighted by Gasteiger charge is -2.10. The van der Waals surface area contributed by atoms with E-state index in [1.165, 1.54) is 29.3 Å². The second-order valence-electron chi connectivity index (χ2n) is 6.47. The summed E-state index contributed by atoms with van der Waals surface area (Å²) in [6.45, 7) is 3.67. The van der Waals surface area contributed by atoms with Crippen molar-refractivity contribution in [3.8, 4) is 16.4 Å². The molecule has 2 aromatic carbocycles. The van der Waals surface area contributed by atoms with Crippen LogP contribution < -0.4 is 10.1 Å². The number of nitrogens with one attached hydrogen (secondary N) is 1. The van der Waals surface area contributed by atoms with Crippen LogP contribution in [0, 0.1) is 6.92 Å². The van der Waals surface area contributed by atoms with Gasteiger partial charge in [0.05, 0.1) is 34.5 Å². The predicted octanol–water partition coefficient (Wildman–Crippen LogP) is 5.41. The van der Waals surface area contributed by atoms with Crippen molar-refractivity contribution in [2.75, 3.05) is 18.2 Å². The van der Waals surface area contributed by atoms with Gasteiger partial charge in [-0.15, -0.1) is 11.3 Å². The molecule has 150 valence electrons. The average molecular weight is 429 g/mol. The Kier molecular flexibility index (Phi) is 5.06. The zero-order valence-electron chi connectivity index (χ0n) is 16.2. The lowest BCUT2D eigenvalue weighted by molar-refractivity contribution is 0.416. The van der Waals surface area contributed by atoms with E-state index in [0.29, 0.717) is 17.2 Å². The molecule has 8 heteroatoms. The SMILES string of the molecule is CCS(=O)(=O)c1ccc(OC)c(Nc2ncc(-c3sc4ccccc4c3C)o2)c1. The van der Waals surface area contributed by atoms with Gasteiger partial charge >= 0.3 is 0 Å². The van der Waals surface area contributed by atoms with Gasteiger partial charge in [-0.1, -0.05) is 25.1 Å².